The summed E-state index contributed by atoms with van der Waals surface area (Å²) in [4.78, 5) is 8.71. The van der Waals surface area contributed by atoms with Gasteiger partial charge in [0.1, 0.15) is 17.2 Å². The molecular formula is C24H21N3O2S. The van der Waals surface area contributed by atoms with Gasteiger partial charge in [-0.15, -0.1) is 0 Å². The van der Waals surface area contributed by atoms with Gasteiger partial charge in [0.05, 0.1) is 23.4 Å². The molecule has 30 heavy (non-hydrogen) atoms. The van der Waals surface area contributed by atoms with Crippen molar-refractivity contribution in [1.82, 2.24) is 4.98 Å². The van der Waals surface area contributed by atoms with Gasteiger partial charge in [-0.2, -0.15) is 0 Å². The van der Waals surface area contributed by atoms with Crippen LogP contribution >= 0.6 is 11.3 Å². The number of methoxy groups -OCH3 is 1. The molecule has 0 saturated carbocycles. The molecule has 0 aliphatic carbocycles. The molecule has 1 aromatic heterocycles. The summed E-state index contributed by atoms with van der Waals surface area (Å²) in [6.45, 7) is 7.39. The lowest BCUT2D eigenvalue weighted by Gasteiger charge is -2.22. The first-order valence-electron chi connectivity index (χ1n) is 9.35. The summed E-state index contributed by atoms with van der Waals surface area (Å²) in [5, 5.41) is 15.2. The van der Waals surface area contributed by atoms with E-state index in [0.29, 0.717) is 11.3 Å². The van der Waals surface area contributed by atoms with Crippen LogP contribution < -0.4 is 10.1 Å². The molecule has 5 nitrogen and oxygen atoms in total. The first-order chi connectivity index (χ1) is 14.6. The van der Waals surface area contributed by atoms with Crippen molar-refractivity contribution in [3.63, 3.8) is 0 Å². The van der Waals surface area contributed by atoms with Gasteiger partial charge >= 0.3 is 0 Å². The number of fused-ring (bicyclic) bond motifs is 1. The molecule has 4 rings (SSSR count). The van der Waals surface area contributed by atoms with Crippen LogP contribution in [0.15, 0.2) is 72.2 Å². The number of hydrogen-bond donors (Lipinski definition) is 2. The molecule has 0 aliphatic rings. The van der Waals surface area contributed by atoms with Crippen molar-refractivity contribution in [2.75, 3.05) is 12.4 Å². The minimum atomic E-state index is -0.351. The van der Waals surface area contributed by atoms with Crippen molar-refractivity contribution < 1.29 is 9.84 Å². The van der Waals surface area contributed by atoms with Gasteiger partial charge in [0.2, 0.25) is 0 Å². The minimum absolute atomic E-state index is 0.0665. The van der Waals surface area contributed by atoms with Gasteiger partial charge in [0, 0.05) is 11.1 Å². The van der Waals surface area contributed by atoms with Crippen LogP contribution in [0, 0.1) is 0 Å². The van der Waals surface area contributed by atoms with Crippen LogP contribution in [0.5, 0.6) is 11.5 Å². The van der Waals surface area contributed by atoms with E-state index in [2.05, 4.69) is 23.6 Å². The number of nitrogens with one attached hydrogen (secondary N) is 1. The fourth-order valence-corrected chi connectivity index (χ4v) is 4.26. The molecule has 6 heteroatoms. The summed E-state index contributed by atoms with van der Waals surface area (Å²) < 4.78 is 6.38. The Morgan fingerprint density at radius 3 is 2.57 bits per heavy atom. The van der Waals surface area contributed by atoms with Gasteiger partial charge in [0.25, 0.3) is 0 Å². The number of benzene rings is 3. The number of thiazole rings is 1. The van der Waals surface area contributed by atoms with E-state index in [1.807, 2.05) is 60.7 Å². The molecule has 0 amide bonds. The molecule has 0 aliphatic heterocycles. The molecular weight excluding hydrogens is 394 g/mol. The number of anilines is 1. The van der Waals surface area contributed by atoms with Crippen molar-refractivity contribution in [3.05, 3.63) is 83.9 Å². The number of aliphatic imine (C=N–C) groups is 1. The molecule has 150 valence electrons. The number of aromatic nitrogens is 1. The van der Waals surface area contributed by atoms with Gasteiger partial charge in [-0.25, -0.2) is 4.98 Å². The molecule has 1 unspecified atom stereocenters. The second kappa shape index (κ2) is 8.39. The van der Waals surface area contributed by atoms with Crippen LogP contribution in [0.4, 0.5) is 10.8 Å². The fraction of sp³-hybridized carbons (Fsp3) is 0.0833. The minimum Gasteiger partial charge on any atom is -0.505 e. The number of ether oxygens (including phenoxy) is 1. The molecule has 0 saturated heterocycles. The number of para-hydroxylation sites is 1. The highest BCUT2D eigenvalue weighted by Crippen LogP contribution is 2.41. The summed E-state index contributed by atoms with van der Waals surface area (Å²) in [6.07, 6.45) is 1.65. The Kier molecular flexibility index (Phi) is 5.50. The standard InChI is InChI=1S/C24H21N3O2S/c1-4-15-11-14-18(23(28)22(15)25-2)21(16-9-12-17(29-3)13-10-16)27-24-26-19-7-5-6-8-20(19)30-24/h4-14,21,28H,1-2H2,3H3,(H,26,27). The highest BCUT2D eigenvalue weighted by molar-refractivity contribution is 7.22. The van der Waals surface area contributed by atoms with Crippen molar-refractivity contribution in [3.8, 4) is 11.5 Å². The molecule has 0 spiro atoms. The van der Waals surface area contributed by atoms with Crippen LogP contribution in [0.1, 0.15) is 22.7 Å². The van der Waals surface area contributed by atoms with E-state index in [-0.39, 0.29) is 11.8 Å². The van der Waals surface area contributed by atoms with Crippen molar-refractivity contribution >= 4 is 45.2 Å². The zero-order valence-electron chi connectivity index (χ0n) is 16.5. The average molecular weight is 416 g/mol. The number of phenols is 1. The molecule has 0 radical (unpaired) electrons. The zero-order chi connectivity index (χ0) is 21.1. The maximum Gasteiger partial charge on any atom is 0.184 e. The average Bonchev–Trinajstić information content (AvgIpc) is 3.20. The quantitative estimate of drug-likeness (QED) is 0.353. The third-order valence-electron chi connectivity index (χ3n) is 4.91. The Morgan fingerprint density at radius 1 is 1.13 bits per heavy atom. The number of phenolic OH excluding ortho intramolecular Hbond substituents is 1. The second-order valence-corrected chi connectivity index (χ2v) is 7.67. The molecule has 2 N–H and O–H groups in total. The molecule has 1 atom stereocenters. The van der Waals surface area contributed by atoms with Gasteiger partial charge in [0.15, 0.2) is 5.13 Å². The molecule has 0 fully saturated rings. The molecule has 0 bridgehead atoms. The Labute approximate surface area is 179 Å². The third-order valence-corrected chi connectivity index (χ3v) is 5.88. The van der Waals surface area contributed by atoms with E-state index in [1.54, 1.807) is 24.5 Å². The van der Waals surface area contributed by atoms with Gasteiger partial charge in [-0.1, -0.05) is 60.4 Å². The van der Waals surface area contributed by atoms with Gasteiger partial charge in [-0.3, -0.25) is 4.99 Å². The summed E-state index contributed by atoms with van der Waals surface area (Å²) >= 11 is 1.57. The first-order valence-corrected chi connectivity index (χ1v) is 10.2. The summed E-state index contributed by atoms with van der Waals surface area (Å²) in [6, 6.07) is 19.1. The SMILES string of the molecule is C=Cc1ccc(C(Nc2nc3ccccc3s2)c2ccc(OC)cc2)c(O)c1N=C. The van der Waals surface area contributed by atoms with Gasteiger partial charge in [-0.05, 0) is 36.5 Å². The lowest BCUT2D eigenvalue weighted by molar-refractivity contribution is 0.414. The number of hydrogen-bond acceptors (Lipinski definition) is 6. The second-order valence-electron chi connectivity index (χ2n) is 6.64. The van der Waals surface area contributed by atoms with Crippen LogP contribution in [0.3, 0.4) is 0 Å². The molecule has 1 heterocycles. The Hall–Kier alpha value is -3.64. The number of nitrogens with zero attached hydrogens (tertiary/aromatic N) is 2. The first kappa shape index (κ1) is 19.7. The fourth-order valence-electron chi connectivity index (χ4n) is 3.37. The van der Waals surface area contributed by atoms with Crippen LogP contribution in [-0.4, -0.2) is 23.9 Å². The topological polar surface area (TPSA) is 66.7 Å². The van der Waals surface area contributed by atoms with Crippen molar-refractivity contribution in [1.29, 1.82) is 0 Å². The van der Waals surface area contributed by atoms with E-state index < -0.39 is 0 Å². The number of rotatable bonds is 7. The highest BCUT2D eigenvalue weighted by atomic mass is 32.1. The monoisotopic (exact) mass is 415 g/mol. The van der Waals surface area contributed by atoms with E-state index in [0.717, 1.165) is 32.2 Å². The van der Waals surface area contributed by atoms with E-state index in [1.165, 1.54) is 0 Å². The largest absolute Gasteiger partial charge is 0.505 e. The maximum absolute atomic E-state index is 11.0. The van der Waals surface area contributed by atoms with Crippen LogP contribution in [-0.2, 0) is 0 Å². The maximum atomic E-state index is 11.0. The number of aromatic hydroxyl groups is 1. The lowest BCUT2D eigenvalue weighted by Crippen LogP contribution is -2.12. The Bertz CT molecular complexity index is 1180. The van der Waals surface area contributed by atoms with Crippen molar-refractivity contribution in [2.45, 2.75) is 6.04 Å². The van der Waals surface area contributed by atoms with Crippen molar-refractivity contribution in [2.24, 2.45) is 4.99 Å². The van der Waals surface area contributed by atoms with Crippen LogP contribution in [0.2, 0.25) is 0 Å². The third kappa shape index (κ3) is 3.65. The van der Waals surface area contributed by atoms with E-state index >= 15 is 0 Å². The van der Waals surface area contributed by atoms with Crippen LogP contribution in [0.25, 0.3) is 16.3 Å². The smallest absolute Gasteiger partial charge is 0.184 e. The summed E-state index contributed by atoms with van der Waals surface area (Å²) in [5.41, 5.74) is 3.68. The normalized spacial score (nSPS) is 11.8. The predicted octanol–water partition coefficient (Wildman–Crippen LogP) is 6.19. The van der Waals surface area contributed by atoms with E-state index in [9.17, 15) is 5.11 Å². The van der Waals surface area contributed by atoms with E-state index in [4.69, 9.17) is 9.72 Å². The molecule has 3 aromatic carbocycles. The highest BCUT2D eigenvalue weighted by Gasteiger charge is 2.22. The summed E-state index contributed by atoms with van der Waals surface area (Å²) in [7, 11) is 1.63. The summed E-state index contributed by atoms with van der Waals surface area (Å²) in [5.74, 6) is 0.828. The Balaban J connectivity index is 1.82. The van der Waals surface area contributed by atoms with Gasteiger partial charge < -0.3 is 15.2 Å². The zero-order valence-corrected chi connectivity index (χ0v) is 17.3. The lowest BCUT2D eigenvalue weighted by atomic mass is 9.95. The molecule has 4 aromatic rings. The predicted molar refractivity (Wildman–Crippen MR) is 125 cm³/mol. The Morgan fingerprint density at radius 2 is 1.90 bits per heavy atom.